The van der Waals surface area contributed by atoms with Crippen LogP contribution in [0.4, 0.5) is 0 Å². The number of carboxylic acid groups (broad SMARTS) is 1. The quantitative estimate of drug-likeness (QED) is 0.658. The number of carboxylic acids is 1. The van der Waals surface area contributed by atoms with E-state index in [1.165, 1.54) is 0 Å². The van der Waals surface area contributed by atoms with Crippen molar-refractivity contribution in [2.75, 3.05) is 6.61 Å². The van der Waals surface area contributed by atoms with Gasteiger partial charge in [0.15, 0.2) is 0 Å². The van der Waals surface area contributed by atoms with Crippen LogP contribution in [0.2, 0.25) is 0 Å². The Morgan fingerprint density at radius 1 is 1.73 bits per heavy atom. The van der Waals surface area contributed by atoms with E-state index in [1.807, 2.05) is 13.8 Å². The highest BCUT2D eigenvalue weighted by Gasteiger charge is 2.36. The van der Waals surface area contributed by atoms with E-state index in [2.05, 4.69) is 0 Å². The molecule has 0 aromatic heterocycles. The summed E-state index contributed by atoms with van der Waals surface area (Å²) in [6.07, 6.45) is 1.10. The van der Waals surface area contributed by atoms with Gasteiger partial charge in [0.1, 0.15) is 0 Å². The number of carbonyl (C=O) groups is 1. The summed E-state index contributed by atoms with van der Waals surface area (Å²) in [6, 6.07) is 0. The summed E-state index contributed by atoms with van der Waals surface area (Å²) in [5, 5.41) is 8.55. The Kier molecular flexibility index (Phi) is 2.18. The first-order valence-corrected chi connectivity index (χ1v) is 3.88. The molecule has 1 heterocycles. The van der Waals surface area contributed by atoms with Gasteiger partial charge in [0, 0.05) is 6.61 Å². The zero-order valence-corrected chi connectivity index (χ0v) is 6.96. The normalized spacial score (nSPS) is 28.7. The van der Waals surface area contributed by atoms with Crippen LogP contribution >= 0.6 is 0 Å². The Bertz CT molecular complexity index is 163. The van der Waals surface area contributed by atoms with Gasteiger partial charge in [-0.25, -0.2) is 0 Å². The Labute approximate surface area is 66.4 Å². The molecule has 1 saturated heterocycles. The summed E-state index contributed by atoms with van der Waals surface area (Å²) in [6.45, 7) is 4.60. The van der Waals surface area contributed by atoms with Crippen LogP contribution in [0.5, 0.6) is 0 Å². The summed E-state index contributed by atoms with van der Waals surface area (Å²) in [7, 11) is 0. The first-order valence-electron chi connectivity index (χ1n) is 3.88. The molecule has 11 heavy (non-hydrogen) atoms. The molecule has 3 heteroatoms. The van der Waals surface area contributed by atoms with Gasteiger partial charge in [-0.05, 0) is 26.2 Å². The van der Waals surface area contributed by atoms with Crippen molar-refractivity contribution in [2.24, 2.45) is 5.92 Å². The molecule has 0 spiro atoms. The molecule has 1 N–H and O–H groups in total. The fraction of sp³-hybridized carbons (Fsp3) is 0.875. The zero-order chi connectivity index (χ0) is 8.48. The lowest BCUT2D eigenvalue weighted by Crippen LogP contribution is -2.28. The highest BCUT2D eigenvalue weighted by Crippen LogP contribution is 2.33. The third-order valence-corrected chi connectivity index (χ3v) is 2.34. The third kappa shape index (κ3) is 1.93. The second kappa shape index (κ2) is 2.81. The standard InChI is InChI=1S/C8H14O3/c1-8(2)6(3-4-11-8)5-7(9)10/h6H,3-5H2,1-2H3,(H,9,10). The Morgan fingerprint density at radius 2 is 2.36 bits per heavy atom. The highest BCUT2D eigenvalue weighted by atomic mass is 16.5. The van der Waals surface area contributed by atoms with Crippen LogP contribution in [0.3, 0.4) is 0 Å². The topological polar surface area (TPSA) is 46.5 Å². The number of ether oxygens (including phenoxy) is 1. The van der Waals surface area contributed by atoms with Crippen LogP contribution in [0.1, 0.15) is 26.7 Å². The van der Waals surface area contributed by atoms with Crippen LogP contribution in [-0.2, 0) is 9.53 Å². The van der Waals surface area contributed by atoms with Crippen LogP contribution in [0, 0.1) is 5.92 Å². The molecule has 3 nitrogen and oxygen atoms in total. The van der Waals surface area contributed by atoms with Gasteiger partial charge in [-0.2, -0.15) is 0 Å². The molecule has 0 bridgehead atoms. The molecular formula is C8H14O3. The van der Waals surface area contributed by atoms with Crippen molar-refractivity contribution in [2.45, 2.75) is 32.3 Å². The van der Waals surface area contributed by atoms with Crippen LogP contribution in [0.25, 0.3) is 0 Å². The van der Waals surface area contributed by atoms with Gasteiger partial charge in [-0.15, -0.1) is 0 Å². The lowest BCUT2D eigenvalue weighted by molar-refractivity contribution is -0.139. The molecule has 1 rings (SSSR count). The van der Waals surface area contributed by atoms with E-state index in [1.54, 1.807) is 0 Å². The van der Waals surface area contributed by atoms with Crippen LogP contribution in [-0.4, -0.2) is 23.3 Å². The fourth-order valence-corrected chi connectivity index (χ4v) is 1.49. The molecule has 0 radical (unpaired) electrons. The summed E-state index contributed by atoms with van der Waals surface area (Å²) < 4.78 is 5.39. The van der Waals surface area contributed by atoms with Crippen molar-refractivity contribution in [1.82, 2.24) is 0 Å². The monoisotopic (exact) mass is 158 g/mol. The SMILES string of the molecule is CC1(C)OCCC1CC(=O)O. The molecule has 0 aliphatic carbocycles. The van der Waals surface area contributed by atoms with Crippen molar-refractivity contribution in [3.63, 3.8) is 0 Å². The Morgan fingerprint density at radius 3 is 2.73 bits per heavy atom. The molecule has 1 fully saturated rings. The average Bonchev–Trinajstić information content (AvgIpc) is 2.10. The van der Waals surface area contributed by atoms with Gasteiger partial charge in [0.2, 0.25) is 0 Å². The predicted molar refractivity (Wildman–Crippen MR) is 40.4 cm³/mol. The lowest BCUT2D eigenvalue weighted by atomic mass is 9.88. The fourth-order valence-electron chi connectivity index (χ4n) is 1.49. The molecule has 1 atom stereocenters. The van der Waals surface area contributed by atoms with E-state index in [4.69, 9.17) is 9.84 Å². The van der Waals surface area contributed by atoms with Crippen LogP contribution in [0.15, 0.2) is 0 Å². The Balaban J connectivity index is 2.51. The van der Waals surface area contributed by atoms with Crippen molar-refractivity contribution in [3.05, 3.63) is 0 Å². The molecule has 1 aliphatic heterocycles. The maximum atomic E-state index is 10.4. The van der Waals surface area contributed by atoms with E-state index in [0.29, 0.717) is 6.61 Å². The first kappa shape index (κ1) is 8.53. The van der Waals surface area contributed by atoms with E-state index in [9.17, 15) is 4.79 Å². The van der Waals surface area contributed by atoms with E-state index in [-0.39, 0.29) is 17.9 Å². The molecule has 1 aliphatic rings. The number of hydrogen-bond acceptors (Lipinski definition) is 2. The minimum absolute atomic E-state index is 0.181. The van der Waals surface area contributed by atoms with E-state index >= 15 is 0 Å². The summed E-state index contributed by atoms with van der Waals surface area (Å²) in [5.41, 5.74) is -0.238. The Hall–Kier alpha value is -0.570. The van der Waals surface area contributed by atoms with Crippen molar-refractivity contribution in [3.8, 4) is 0 Å². The third-order valence-electron chi connectivity index (χ3n) is 2.34. The molecular weight excluding hydrogens is 144 g/mol. The van der Waals surface area contributed by atoms with Crippen molar-refractivity contribution >= 4 is 5.97 Å². The van der Waals surface area contributed by atoms with Gasteiger partial charge in [-0.1, -0.05) is 0 Å². The summed E-state index contributed by atoms with van der Waals surface area (Å²) in [4.78, 5) is 10.4. The number of aliphatic carboxylic acids is 1. The smallest absolute Gasteiger partial charge is 0.303 e. The molecule has 0 aromatic carbocycles. The van der Waals surface area contributed by atoms with Crippen molar-refractivity contribution in [1.29, 1.82) is 0 Å². The van der Waals surface area contributed by atoms with Gasteiger partial charge >= 0.3 is 5.97 Å². The first-order chi connectivity index (χ1) is 5.02. The lowest BCUT2D eigenvalue weighted by Gasteiger charge is -2.24. The summed E-state index contributed by atoms with van der Waals surface area (Å²) in [5.74, 6) is -0.548. The molecule has 64 valence electrons. The number of rotatable bonds is 2. The van der Waals surface area contributed by atoms with E-state index < -0.39 is 5.97 Å². The summed E-state index contributed by atoms with van der Waals surface area (Å²) >= 11 is 0. The maximum Gasteiger partial charge on any atom is 0.303 e. The molecule has 0 amide bonds. The van der Waals surface area contributed by atoms with E-state index in [0.717, 1.165) is 6.42 Å². The second-order valence-electron chi connectivity index (χ2n) is 3.54. The van der Waals surface area contributed by atoms with Gasteiger partial charge in [-0.3, -0.25) is 4.79 Å². The maximum absolute atomic E-state index is 10.4. The highest BCUT2D eigenvalue weighted by molar-refractivity contribution is 5.67. The molecule has 0 aromatic rings. The van der Waals surface area contributed by atoms with Gasteiger partial charge in [0.05, 0.1) is 12.0 Å². The predicted octanol–water partition coefficient (Wildman–Crippen LogP) is 1.28. The average molecular weight is 158 g/mol. The minimum atomic E-state index is -0.728. The van der Waals surface area contributed by atoms with Gasteiger partial charge in [0.25, 0.3) is 0 Å². The second-order valence-corrected chi connectivity index (χ2v) is 3.54. The van der Waals surface area contributed by atoms with Gasteiger partial charge < -0.3 is 9.84 Å². The van der Waals surface area contributed by atoms with Crippen LogP contribution < -0.4 is 0 Å². The molecule has 0 saturated carbocycles. The largest absolute Gasteiger partial charge is 0.481 e. The molecule has 1 unspecified atom stereocenters. The number of hydrogen-bond donors (Lipinski definition) is 1. The minimum Gasteiger partial charge on any atom is -0.481 e. The zero-order valence-electron chi connectivity index (χ0n) is 6.96. The van der Waals surface area contributed by atoms with Crippen molar-refractivity contribution < 1.29 is 14.6 Å².